The first kappa shape index (κ1) is 10.9. The number of esters is 2. The van der Waals surface area contributed by atoms with Gasteiger partial charge in [0.05, 0.1) is 20.8 Å². The lowest BCUT2D eigenvalue weighted by Gasteiger charge is -2.10. The number of hydrogen-bond donors (Lipinski definition) is 0. The summed E-state index contributed by atoms with van der Waals surface area (Å²) in [5.74, 6) is -2.28. The average molecular weight is 176 g/mol. The van der Waals surface area contributed by atoms with E-state index in [1.807, 2.05) is 0 Å². The Morgan fingerprint density at radius 3 is 1.75 bits per heavy atom. The number of carbonyl (C=O) groups is 2. The van der Waals surface area contributed by atoms with Crippen LogP contribution in [0.3, 0.4) is 0 Å². The number of hydrogen-bond acceptors (Lipinski definition) is 5. The fourth-order valence-electron chi connectivity index (χ4n) is 0.683. The van der Waals surface area contributed by atoms with Crippen LogP contribution in [-0.4, -0.2) is 39.9 Å². The van der Waals surface area contributed by atoms with Crippen molar-refractivity contribution in [3.05, 3.63) is 0 Å². The third kappa shape index (κ3) is 2.87. The summed E-state index contributed by atoms with van der Waals surface area (Å²) in [4.78, 5) is 21.8. The van der Waals surface area contributed by atoms with E-state index in [1.54, 1.807) is 0 Å². The Morgan fingerprint density at radius 1 is 1.08 bits per heavy atom. The van der Waals surface area contributed by atoms with Gasteiger partial charge in [-0.1, -0.05) is 0 Å². The minimum absolute atomic E-state index is 0.0284. The summed E-state index contributed by atoms with van der Waals surface area (Å²) in [5, 5.41) is 0. The topological polar surface area (TPSA) is 61.8 Å². The van der Waals surface area contributed by atoms with Crippen LogP contribution in [0.5, 0.6) is 0 Å². The molecule has 0 heterocycles. The molecule has 5 nitrogen and oxygen atoms in total. The van der Waals surface area contributed by atoms with Gasteiger partial charge < -0.3 is 14.2 Å². The normalized spacial score (nSPS) is 9.67. The molecule has 5 heteroatoms. The SMILES string of the molecule is COCC(C(=O)OC)C(=O)OC. The Balaban J connectivity index is 4.21. The Hall–Kier alpha value is -1.10. The summed E-state index contributed by atoms with van der Waals surface area (Å²) in [7, 11) is 3.79. The third-order valence-corrected chi connectivity index (χ3v) is 1.30. The van der Waals surface area contributed by atoms with E-state index in [1.165, 1.54) is 21.3 Å². The second kappa shape index (κ2) is 5.54. The van der Waals surface area contributed by atoms with Gasteiger partial charge in [-0.05, 0) is 0 Å². The molecule has 0 spiro atoms. The molecule has 0 atom stereocenters. The van der Waals surface area contributed by atoms with Crippen LogP contribution in [0.4, 0.5) is 0 Å². The lowest BCUT2D eigenvalue weighted by atomic mass is 10.2. The fourth-order valence-corrected chi connectivity index (χ4v) is 0.683. The second-order valence-corrected chi connectivity index (χ2v) is 2.05. The predicted molar refractivity (Wildman–Crippen MR) is 39.4 cm³/mol. The first-order chi connectivity index (χ1) is 5.67. The summed E-state index contributed by atoms with van der Waals surface area (Å²) in [6, 6.07) is 0. The van der Waals surface area contributed by atoms with Crippen LogP contribution >= 0.6 is 0 Å². The Kier molecular flexibility index (Phi) is 5.03. The van der Waals surface area contributed by atoms with Gasteiger partial charge in [0.1, 0.15) is 0 Å². The van der Waals surface area contributed by atoms with E-state index in [-0.39, 0.29) is 6.61 Å². The van der Waals surface area contributed by atoms with Gasteiger partial charge in [-0.25, -0.2) is 0 Å². The molecular formula is C7H12O5. The van der Waals surface area contributed by atoms with Gasteiger partial charge in [-0.15, -0.1) is 0 Å². The minimum atomic E-state index is -0.981. The first-order valence-electron chi connectivity index (χ1n) is 3.32. The fraction of sp³-hybridized carbons (Fsp3) is 0.714. The van der Waals surface area contributed by atoms with Gasteiger partial charge in [-0.3, -0.25) is 9.59 Å². The Morgan fingerprint density at radius 2 is 1.50 bits per heavy atom. The van der Waals surface area contributed by atoms with E-state index in [0.717, 1.165) is 0 Å². The van der Waals surface area contributed by atoms with Gasteiger partial charge >= 0.3 is 11.9 Å². The Labute approximate surface area is 70.6 Å². The maximum Gasteiger partial charge on any atom is 0.322 e. The predicted octanol–water partition coefficient (Wildman–Crippen LogP) is -0.405. The number of ether oxygens (including phenoxy) is 3. The molecule has 0 bridgehead atoms. The van der Waals surface area contributed by atoms with Crippen LogP contribution in [0.1, 0.15) is 0 Å². The van der Waals surface area contributed by atoms with Crippen LogP contribution in [-0.2, 0) is 23.8 Å². The molecule has 70 valence electrons. The highest BCUT2D eigenvalue weighted by Crippen LogP contribution is 2.02. The van der Waals surface area contributed by atoms with Gasteiger partial charge in [0.25, 0.3) is 0 Å². The molecule has 0 unspecified atom stereocenters. The van der Waals surface area contributed by atoms with E-state index in [4.69, 9.17) is 0 Å². The van der Waals surface area contributed by atoms with Crippen molar-refractivity contribution in [3.8, 4) is 0 Å². The van der Waals surface area contributed by atoms with Crippen molar-refractivity contribution in [3.63, 3.8) is 0 Å². The second-order valence-electron chi connectivity index (χ2n) is 2.05. The zero-order valence-corrected chi connectivity index (χ0v) is 7.33. The van der Waals surface area contributed by atoms with Crippen molar-refractivity contribution < 1.29 is 23.8 Å². The van der Waals surface area contributed by atoms with Crippen molar-refractivity contribution in [2.75, 3.05) is 27.9 Å². The first-order valence-corrected chi connectivity index (χ1v) is 3.32. The molecule has 0 aromatic carbocycles. The summed E-state index contributed by atoms with van der Waals surface area (Å²) in [6.45, 7) is -0.0284. The van der Waals surface area contributed by atoms with Crippen molar-refractivity contribution in [1.29, 1.82) is 0 Å². The summed E-state index contributed by atoms with van der Waals surface area (Å²) >= 11 is 0. The molecule has 0 aliphatic rings. The highest BCUT2D eigenvalue weighted by Gasteiger charge is 2.28. The molecule has 0 aromatic rings. The van der Waals surface area contributed by atoms with Crippen molar-refractivity contribution in [2.24, 2.45) is 5.92 Å². The van der Waals surface area contributed by atoms with Crippen molar-refractivity contribution in [1.82, 2.24) is 0 Å². The van der Waals surface area contributed by atoms with E-state index in [9.17, 15) is 9.59 Å². The monoisotopic (exact) mass is 176 g/mol. The zero-order chi connectivity index (χ0) is 9.56. The van der Waals surface area contributed by atoms with Gasteiger partial charge in [0.15, 0.2) is 5.92 Å². The largest absolute Gasteiger partial charge is 0.468 e. The maximum absolute atomic E-state index is 10.9. The molecule has 0 aromatic heterocycles. The highest BCUT2D eigenvalue weighted by molar-refractivity contribution is 5.94. The maximum atomic E-state index is 10.9. The van der Waals surface area contributed by atoms with Crippen molar-refractivity contribution >= 4 is 11.9 Å². The zero-order valence-electron chi connectivity index (χ0n) is 7.33. The Bertz CT molecular complexity index is 149. The minimum Gasteiger partial charge on any atom is -0.468 e. The number of rotatable bonds is 4. The molecule has 0 saturated heterocycles. The van der Waals surface area contributed by atoms with E-state index >= 15 is 0 Å². The summed E-state index contributed by atoms with van der Waals surface area (Å²) in [6.07, 6.45) is 0. The van der Waals surface area contributed by atoms with E-state index in [2.05, 4.69) is 14.2 Å². The van der Waals surface area contributed by atoms with Crippen molar-refractivity contribution in [2.45, 2.75) is 0 Å². The van der Waals surface area contributed by atoms with Gasteiger partial charge in [0.2, 0.25) is 0 Å². The van der Waals surface area contributed by atoms with Gasteiger partial charge in [-0.2, -0.15) is 0 Å². The molecular weight excluding hydrogens is 164 g/mol. The highest BCUT2D eigenvalue weighted by atomic mass is 16.5. The molecule has 12 heavy (non-hydrogen) atoms. The lowest BCUT2D eigenvalue weighted by molar-refractivity contribution is -0.161. The molecule has 0 saturated carbocycles. The molecule has 0 aliphatic carbocycles. The molecule has 0 radical (unpaired) electrons. The summed E-state index contributed by atoms with van der Waals surface area (Å²) in [5.41, 5.74) is 0. The van der Waals surface area contributed by atoms with Crippen LogP contribution < -0.4 is 0 Å². The molecule has 0 amide bonds. The van der Waals surface area contributed by atoms with Crippen LogP contribution in [0.15, 0.2) is 0 Å². The van der Waals surface area contributed by atoms with Crippen LogP contribution in [0.25, 0.3) is 0 Å². The number of methoxy groups -OCH3 is 3. The number of carbonyl (C=O) groups excluding carboxylic acids is 2. The van der Waals surface area contributed by atoms with Gasteiger partial charge in [0, 0.05) is 7.11 Å². The third-order valence-electron chi connectivity index (χ3n) is 1.30. The van der Waals surface area contributed by atoms with Crippen LogP contribution in [0.2, 0.25) is 0 Å². The smallest absolute Gasteiger partial charge is 0.322 e. The van der Waals surface area contributed by atoms with E-state index in [0.29, 0.717) is 0 Å². The van der Waals surface area contributed by atoms with Crippen LogP contribution in [0, 0.1) is 5.92 Å². The van der Waals surface area contributed by atoms with E-state index < -0.39 is 17.9 Å². The molecule has 0 aliphatic heterocycles. The lowest BCUT2D eigenvalue weighted by Crippen LogP contribution is -2.30. The molecule has 0 N–H and O–H groups in total. The molecule has 0 fully saturated rings. The average Bonchev–Trinajstić information content (AvgIpc) is 2.11. The quantitative estimate of drug-likeness (QED) is 0.430. The summed E-state index contributed by atoms with van der Waals surface area (Å²) < 4.78 is 13.4. The standard InChI is InChI=1S/C7H12O5/c1-10-4-5(6(8)11-2)7(9)12-3/h5H,4H2,1-3H3. The molecule has 0 rings (SSSR count).